The highest BCUT2D eigenvalue weighted by atomic mass is 32.1. The van der Waals surface area contributed by atoms with Crippen molar-refractivity contribution in [3.8, 4) is 16.5 Å². The van der Waals surface area contributed by atoms with Crippen LogP contribution in [0.5, 0.6) is 5.75 Å². The van der Waals surface area contributed by atoms with E-state index in [1.807, 2.05) is 84.9 Å². The highest BCUT2D eigenvalue weighted by molar-refractivity contribution is 7.22. The summed E-state index contributed by atoms with van der Waals surface area (Å²) >= 11 is 1.22. The van der Waals surface area contributed by atoms with Crippen molar-refractivity contribution in [2.75, 3.05) is 7.11 Å². The molecule has 6 aromatic rings. The number of methoxy groups -OCH3 is 1. The van der Waals surface area contributed by atoms with Crippen LogP contribution in [0.1, 0.15) is 77.5 Å². The first-order chi connectivity index (χ1) is 27.7. The molecular formula is C45H49N3O8SSi. The minimum atomic E-state index is -3.46. The van der Waals surface area contributed by atoms with Gasteiger partial charge in [0.2, 0.25) is 5.89 Å². The number of ketones is 1. The van der Waals surface area contributed by atoms with Crippen molar-refractivity contribution in [1.82, 2.24) is 14.1 Å². The predicted octanol–water partition coefficient (Wildman–Crippen LogP) is 7.30. The molecule has 1 aliphatic carbocycles. The van der Waals surface area contributed by atoms with Gasteiger partial charge in [-0.2, -0.15) is 0 Å². The minimum Gasteiger partial charge on any atom is -0.508 e. The van der Waals surface area contributed by atoms with E-state index in [0.29, 0.717) is 58.2 Å². The predicted molar refractivity (Wildman–Crippen MR) is 228 cm³/mol. The Morgan fingerprint density at radius 1 is 0.914 bits per heavy atom. The van der Waals surface area contributed by atoms with Gasteiger partial charge in [0.1, 0.15) is 34.3 Å². The molecule has 0 N–H and O–H groups in total. The van der Waals surface area contributed by atoms with Crippen LogP contribution in [-0.2, 0) is 30.8 Å². The monoisotopic (exact) mass is 819 g/mol. The zero-order chi connectivity index (χ0) is 41.4. The molecule has 11 nitrogen and oxygen atoms in total. The molecule has 7 rings (SSSR count). The molecule has 1 fully saturated rings. The van der Waals surface area contributed by atoms with E-state index in [0.717, 1.165) is 14.9 Å². The summed E-state index contributed by atoms with van der Waals surface area (Å²) in [4.78, 5) is 62.9. The number of para-hydroxylation sites is 1. The molecule has 3 heterocycles. The van der Waals surface area contributed by atoms with Crippen LogP contribution >= 0.6 is 11.3 Å². The molecule has 1 unspecified atom stereocenters. The summed E-state index contributed by atoms with van der Waals surface area (Å²) in [7, 11) is -1.89. The molecule has 0 spiro atoms. The van der Waals surface area contributed by atoms with Crippen molar-refractivity contribution in [1.29, 1.82) is 0 Å². The molecule has 0 radical (unpaired) electrons. The first-order valence-electron chi connectivity index (χ1n) is 19.5. The minimum absolute atomic E-state index is 0.0365. The highest BCUT2D eigenvalue weighted by Gasteiger charge is 2.55. The molecule has 0 saturated heterocycles. The first kappa shape index (κ1) is 40.8. The Kier molecular flexibility index (Phi) is 11.3. The molecule has 0 aliphatic heterocycles. The number of fused-ring (bicyclic) bond motifs is 1. The summed E-state index contributed by atoms with van der Waals surface area (Å²) in [5.41, 5.74) is -1.87. The van der Waals surface area contributed by atoms with E-state index in [2.05, 4.69) is 25.8 Å². The standard InChI is InChI=1S/C45H49N3O8SSi/c1-29-37-40(50)48(45(5,6)42(51)56-58(44(2,3)4,32-16-10-8-11-17-32)33-18-12-9-13-19-33)43(52)47(41(37)57-38(29)39-46-26-27-54-39)28-36(34-20-14-15-21-35(34)53-7)55-31-24-22-30(49)23-25-31/h8-21,26-27,31,36H,22-25,28H2,1-7H3. The number of thiophene rings is 1. The van der Waals surface area contributed by atoms with Crippen LogP contribution in [0.25, 0.3) is 21.0 Å². The van der Waals surface area contributed by atoms with Crippen molar-refractivity contribution in [2.24, 2.45) is 0 Å². The summed E-state index contributed by atoms with van der Waals surface area (Å²) in [6.07, 6.45) is 3.89. The number of benzene rings is 3. The molecule has 1 atom stereocenters. The Hall–Kier alpha value is -5.37. The molecule has 0 amide bonds. The summed E-state index contributed by atoms with van der Waals surface area (Å²) in [5.74, 6) is 0.351. The van der Waals surface area contributed by atoms with Gasteiger partial charge in [-0.3, -0.25) is 19.0 Å². The summed E-state index contributed by atoms with van der Waals surface area (Å²) in [6, 6.07) is 26.9. The van der Waals surface area contributed by atoms with Gasteiger partial charge in [0.05, 0.1) is 36.2 Å². The van der Waals surface area contributed by atoms with Crippen LogP contribution in [0.3, 0.4) is 0 Å². The van der Waals surface area contributed by atoms with Crippen LogP contribution < -0.4 is 26.4 Å². The average molecular weight is 820 g/mol. The van der Waals surface area contributed by atoms with E-state index in [1.54, 1.807) is 27.9 Å². The number of Topliss-reactive ketones (excluding diaryl/α,β-unsaturated/α-hetero) is 1. The molecule has 13 heteroatoms. The van der Waals surface area contributed by atoms with E-state index in [4.69, 9.17) is 18.3 Å². The van der Waals surface area contributed by atoms with Crippen LogP contribution in [-0.4, -0.2) is 47.4 Å². The van der Waals surface area contributed by atoms with Crippen molar-refractivity contribution in [2.45, 2.75) is 96.6 Å². The Labute approximate surface area is 342 Å². The molecule has 302 valence electrons. The van der Waals surface area contributed by atoms with Gasteiger partial charge in [-0.25, -0.2) is 14.3 Å². The SMILES string of the molecule is COc1ccccc1C(Cn1c(=O)n(C(C)(C)C(=O)O[Si](c2ccccc2)(c2ccccc2)C(C)(C)C)c(=O)c2c(C)c(-c3ncco3)sc21)OC1CCC(=O)CC1. The largest absolute Gasteiger partial charge is 0.508 e. The van der Waals surface area contributed by atoms with Gasteiger partial charge in [0.15, 0.2) is 0 Å². The number of nitrogens with zero attached hydrogens (tertiary/aromatic N) is 3. The van der Waals surface area contributed by atoms with Gasteiger partial charge >= 0.3 is 20.0 Å². The molecule has 1 aliphatic rings. The maximum atomic E-state index is 15.3. The number of carbonyl (C=O) groups is 2. The summed E-state index contributed by atoms with van der Waals surface area (Å²) in [6.45, 7) is 11.1. The lowest BCUT2D eigenvalue weighted by molar-refractivity contribution is -0.144. The Bertz CT molecular complexity index is 2500. The van der Waals surface area contributed by atoms with Crippen molar-refractivity contribution in [3.05, 3.63) is 129 Å². The van der Waals surface area contributed by atoms with Gasteiger partial charge in [-0.1, -0.05) is 99.6 Å². The number of ether oxygens (including phenoxy) is 2. The number of hydrogen-bond acceptors (Lipinski definition) is 10. The topological polar surface area (TPSA) is 132 Å². The van der Waals surface area contributed by atoms with Crippen LogP contribution in [0.15, 0.2) is 111 Å². The van der Waals surface area contributed by atoms with Gasteiger partial charge in [-0.15, -0.1) is 11.3 Å². The second-order valence-corrected chi connectivity index (χ2v) is 21.5. The molecule has 3 aromatic heterocycles. The molecule has 0 bridgehead atoms. The summed E-state index contributed by atoms with van der Waals surface area (Å²) < 4.78 is 27.8. The van der Waals surface area contributed by atoms with Gasteiger partial charge < -0.3 is 18.3 Å². The lowest BCUT2D eigenvalue weighted by Gasteiger charge is -2.43. The highest BCUT2D eigenvalue weighted by Crippen LogP contribution is 2.40. The lowest BCUT2D eigenvalue weighted by atomic mass is 9.96. The van der Waals surface area contributed by atoms with E-state index in [1.165, 1.54) is 28.4 Å². The third kappa shape index (κ3) is 7.31. The van der Waals surface area contributed by atoms with Crippen LogP contribution in [0, 0.1) is 6.92 Å². The second-order valence-electron chi connectivity index (χ2n) is 16.3. The Morgan fingerprint density at radius 2 is 1.52 bits per heavy atom. The molecular weight excluding hydrogens is 771 g/mol. The van der Waals surface area contributed by atoms with E-state index in [-0.39, 0.29) is 23.8 Å². The number of oxazole rings is 1. The maximum Gasteiger partial charge on any atom is 0.333 e. The quantitative estimate of drug-likeness (QED) is 0.117. The zero-order valence-electron chi connectivity index (χ0n) is 33.9. The molecule has 3 aromatic carbocycles. The summed E-state index contributed by atoms with van der Waals surface area (Å²) in [5, 5.41) is 1.45. The average Bonchev–Trinajstić information content (AvgIpc) is 3.87. The van der Waals surface area contributed by atoms with Gasteiger partial charge in [0.25, 0.3) is 5.56 Å². The normalized spacial score (nSPS) is 14.8. The smallest absolute Gasteiger partial charge is 0.333 e. The fraction of sp³-hybridized carbons (Fsp3) is 0.356. The van der Waals surface area contributed by atoms with E-state index >= 15 is 9.59 Å². The second kappa shape index (κ2) is 16.1. The Morgan fingerprint density at radius 3 is 2.09 bits per heavy atom. The van der Waals surface area contributed by atoms with E-state index < -0.39 is 42.2 Å². The lowest BCUT2D eigenvalue weighted by Crippen LogP contribution is -2.69. The molecule has 1 saturated carbocycles. The van der Waals surface area contributed by atoms with Crippen LogP contribution in [0.4, 0.5) is 0 Å². The molecule has 58 heavy (non-hydrogen) atoms. The number of carbonyl (C=O) groups excluding carboxylic acids is 2. The van der Waals surface area contributed by atoms with E-state index in [9.17, 15) is 9.59 Å². The third-order valence-corrected chi connectivity index (χ3v) is 17.4. The maximum absolute atomic E-state index is 15.3. The zero-order valence-corrected chi connectivity index (χ0v) is 35.8. The number of rotatable bonds is 12. The van der Waals surface area contributed by atoms with Crippen molar-refractivity contribution in [3.63, 3.8) is 0 Å². The van der Waals surface area contributed by atoms with Crippen molar-refractivity contribution < 1.29 is 27.9 Å². The Balaban J connectivity index is 1.43. The fourth-order valence-corrected chi connectivity index (χ4v) is 13.8. The van der Waals surface area contributed by atoms with Gasteiger partial charge in [0, 0.05) is 18.4 Å². The van der Waals surface area contributed by atoms with Gasteiger partial charge in [-0.05, 0) is 60.7 Å². The fourth-order valence-electron chi connectivity index (χ4n) is 8.14. The first-order valence-corrected chi connectivity index (χ1v) is 22.2. The number of hydrogen-bond donors (Lipinski definition) is 0. The number of aryl methyl sites for hydroxylation is 1. The van der Waals surface area contributed by atoms with Crippen LogP contribution in [0.2, 0.25) is 5.04 Å². The third-order valence-electron chi connectivity index (χ3n) is 11.2. The van der Waals surface area contributed by atoms with Crippen molar-refractivity contribution >= 4 is 52.0 Å². The number of aromatic nitrogens is 3.